The molecule has 0 saturated carbocycles. The summed E-state index contributed by atoms with van der Waals surface area (Å²) >= 11 is 3.38. The zero-order valence-electron chi connectivity index (χ0n) is 13.2. The van der Waals surface area contributed by atoms with Crippen LogP contribution in [0.5, 0.6) is 0 Å². The third-order valence-corrected chi connectivity index (χ3v) is 4.46. The van der Waals surface area contributed by atoms with Crippen LogP contribution in [-0.2, 0) is 6.18 Å². The molecule has 0 radical (unpaired) electrons. The number of fused-ring (bicyclic) bond motifs is 1. The standard InChI is InChI=1S/C19H11BrF3N3/c20-14-8-4-7-13(9-14)15-11-24-26-17(19(21,22)23)10-16(25-18(15)26)12-5-2-1-3-6-12/h1-11H. The van der Waals surface area contributed by atoms with Crippen LogP contribution in [0.4, 0.5) is 13.2 Å². The second-order valence-corrected chi connectivity index (χ2v) is 6.61. The van der Waals surface area contributed by atoms with Gasteiger partial charge < -0.3 is 0 Å². The first kappa shape index (κ1) is 16.8. The summed E-state index contributed by atoms with van der Waals surface area (Å²) in [5, 5.41) is 3.94. The van der Waals surface area contributed by atoms with E-state index in [4.69, 9.17) is 0 Å². The molecular formula is C19H11BrF3N3. The van der Waals surface area contributed by atoms with Crippen LogP contribution in [0.2, 0.25) is 0 Å². The quantitative estimate of drug-likeness (QED) is 0.409. The van der Waals surface area contributed by atoms with Crippen molar-refractivity contribution < 1.29 is 13.2 Å². The number of nitrogens with zero attached hydrogens (tertiary/aromatic N) is 3. The molecule has 0 saturated heterocycles. The van der Waals surface area contributed by atoms with Gasteiger partial charge in [0.2, 0.25) is 0 Å². The topological polar surface area (TPSA) is 30.2 Å². The van der Waals surface area contributed by atoms with E-state index in [9.17, 15) is 13.2 Å². The molecule has 26 heavy (non-hydrogen) atoms. The lowest BCUT2D eigenvalue weighted by Gasteiger charge is -2.11. The molecule has 0 fully saturated rings. The Balaban J connectivity index is 2.02. The highest BCUT2D eigenvalue weighted by Gasteiger charge is 2.35. The van der Waals surface area contributed by atoms with E-state index in [1.165, 1.54) is 6.20 Å². The van der Waals surface area contributed by atoms with Crippen molar-refractivity contribution in [3.8, 4) is 22.4 Å². The third-order valence-electron chi connectivity index (χ3n) is 3.97. The predicted molar refractivity (Wildman–Crippen MR) is 96.6 cm³/mol. The fourth-order valence-corrected chi connectivity index (χ4v) is 3.18. The van der Waals surface area contributed by atoms with E-state index in [-0.39, 0.29) is 11.3 Å². The SMILES string of the molecule is FC(F)(F)c1cc(-c2ccccc2)nc2c(-c3cccc(Br)c3)cnn12. The van der Waals surface area contributed by atoms with Crippen molar-refractivity contribution in [1.29, 1.82) is 0 Å². The predicted octanol–water partition coefficient (Wildman–Crippen LogP) is 5.84. The second-order valence-electron chi connectivity index (χ2n) is 5.69. The van der Waals surface area contributed by atoms with Crippen LogP contribution in [0.3, 0.4) is 0 Å². The molecule has 0 aliphatic rings. The summed E-state index contributed by atoms with van der Waals surface area (Å²) in [5.74, 6) is 0. The van der Waals surface area contributed by atoms with Gasteiger partial charge in [-0.3, -0.25) is 0 Å². The Morgan fingerprint density at radius 2 is 1.62 bits per heavy atom. The van der Waals surface area contributed by atoms with Gasteiger partial charge in [-0.15, -0.1) is 0 Å². The van der Waals surface area contributed by atoms with Gasteiger partial charge in [0.15, 0.2) is 11.3 Å². The molecule has 0 aliphatic carbocycles. The van der Waals surface area contributed by atoms with Crippen molar-refractivity contribution in [2.45, 2.75) is 6.18 Å². The van der Waals surface area contributed by atoms with E-state index >= 15 is 0 Å². The van der Waals surface area contributed by atoms with Gasteiger partial charge in [-0.25, -0.2) is 9.50 Å². The van der Waals surface area contributed by atoms with E-state index in [2.05, 4.69) is 26.0 Å². The van der Waals surface area contributed by atoms with E-state index in [0.717, 1.165) is 20.6 Å². The van der Waals surface area contributed by atoms with Crippen LogP contribution < -0.4 is 0 Å². The monoisotopic (exact) mass is 417 g/mol. The molecule has 0 bridgehead atoms. The molecule has 0 spiro atoms. The maximum Gasteiger partial charge on any atom is 0.433 e. The maximum absolute atomic E-state index is 13.6. The van der Waals surface area contributed by atoms with E-state index in [0.29, 0.717) is 11.1 Å². The summed E-state index contributed by atoms with van der Waals surface area (Å²) < 4.78 is 42.5. The van der Waals surface area contributed by atoms with Crippen LogP contribution in [0.1, 0.15) is 5.69 Å². The lowest BCUT2D eigenvalue weighted by atomic mass is 10.1. The number of benzene rings is 2. The lowest BCUT2D eigenvalue weighted by molar-refractivity contribution is -0.142. The largest absolute Gasteiger partial charge is 0.433 e. The molecule has 2 aromatic heterocycles. The van der Waals surface area contributed by atoms with Crippen molar-refractivity contribution in [3.05, 3.63) is 77.0 Å². The van der Waals surface area contributed by atoms with Gasteiger partial charge in [-0.05, 0) is 23.8 Å². The maximum atomic E-state index is 13.6. The molecule has 4 rings (SSSR count). The Hall–Kier alpha value is -2.67. The van der Waals surface area contributed by atoms with Crippen molar-refractivity contribution in [2.75, 3.05) is 0 Å². The summed E-state index contributed by atoms with van der Waals surface area (Å²) in [5.41, 5.74) is 1.44. The van der Waals surface area contributed by atoms with Crippen molar-refractivity contribution in [1.82, 2.24) is 14.6 Å². The van der Waals surface area contributed by atoms with E-state index in [1.54, 1.807) is 30.3 Å². The molecule has 3 nitrogen and oxygen atoms in total. The molecule has 0 amide bonds. The van der Waals surface area contributed by atoms with Crippen molar-refractivity contribution >= 4 is 21.6 Å². The fraction of sp³-hybridized carbons (Fsp3) is 0.0526. The van der Waals surface area contributed by atoms with E-state index < -0.39 is 11.9 Å². The van der Waals surface area contributed by atoms with Crippen LogP contribution in [0, 0.1) is 0 Å². The molecule has 2 heterocycles. The minimum absolute atomic E-state index is 0.164. The molecule has 7 heteroatoms. The van der Waals surface area contributed by atoms with Gasteiger partial charge in [-0.1, -0.05) is 58.4 Å². The summed E-state index contributed by atoms with van der Waals surface area (Å²) in [4.78, 5) is 4.47. The van der Waals surface area contributed by atoms with Gasteiger partial charge in [0, 0.05) is 15.6 Å². The Bertz CT molecular complexity index is 1090. The van der Waals surface area contributed by atoms with Gasteiger partial charge in [0.05, 0.1) is 11.9 Å². The van der Waals surface area contributed by atoms with E-state index in [1.807, 2.05) is 24.3 Å². The Labute approximate surface area is 155 Å². The molecule has 0 N–H and O–H groups in total. The first-order chi connectivity index (χ1) is 12.4. The molecule has 130 valence electrons. The third kappa shape index (κ3) is 2.99. The minimum atomic E-state index is -4.55. The minimum Gasteiger partial charge on any atom is -0.228 e. The number of aromatic nitrogens is 3. The average Bonchev–Trinajstić information content (AvgIpc) is 3.04. The molecule has 2 aromatic carbocycles. The molecule has 4 aromatic rings. The summed E-state index contributed by atoms with van der Waals surface area (Å²) in [7, 11) is 0. The highest BCUT2D eigenvalue weighted by Crippen LogP contribution is 2.35. The van der Waals surface area contributed by atoms with Gasteiger partial charge >= 0.3 is 6.18 Å². The molecule has 0 aliphatic heterocycles. The number of hydrogen-bond acceptors (Lipinski definition) is 2. The molecule has 0 unspecified atom stereocenters. The van der Waals surface area contributed by atoms with Gasteiger partial charge in [-0.2, -0.15) is 18.3 Å². The average molecular weight is 418 g/mol. The number of alkyl halides is 3. The Morgan fingerprint density at radius 1 is 0.885 bits per heavy atom. The summed E-state index contributed by atoms with van der Waals surface area (Å²) in [6.07, 6.45) is -3.14. The van der Waals surface area contributed by atoms with Gasteiger partial charge in [0.1, 0.15) is 0 Å². The van der Waals surface area contributed by atoms with Crippen LogP contribution >= 0.6 is 15.9 Å². The summed E-state index contributed by atoms with van der Waals surface area (Å²) in [6.45, 7) is 0. The lowest BCUT2D eigenvalue weighted by Crippen LogP contribution is -2.13. The van der Waals surface area contributed by atoms with Gasteiger partial charge in [0.25, 0.3) is 0 Å². The Morgan fingerprint density at radius 3 is 2.31 bits per heavy atom. The highest BCUT2D eigenvalue weighted by atomic mass is 79.9. The van der Waals surface area contributed by atoms with Crippen molar-refractivity contribution in [3.63, 3.8) is 0 Å². The Kier molecular flexibility index (Phi) is 4.03. The van der Waals surface area contributed by atoms with Crippen LogP contribution in [0.25, 0.3) is 28.0 Å². The van der Waals surface area contributed by atoms with Crippen LogP contribution in [0.15, 0.2) is 71.3 Å². The first-order valence-electron chi connectivity index (χ1n) is 7.71. The molecular weight excluding hydrogens is 407 g/mol. The smallest absolute Gasteiger partial charge is 0.228 e. The highest BCUT2D eigenvalue weighted by molar-refractivity contribution is 9.10. The zero-order valence-corrected chi connectivity index (χ0v) is 14.8. The summed E-state index contributed by atoms with van der Waals surface area (Å²) in [6, 6.07) is 17.1. The normalized spacial score (nSPS) is 11.8. The number of halogens is 4. The first-order valence-corrected chi connectivity index (χ1v) is 8.50. The molecule has 0 atom stereocenters. The second kappa shape index (κ2) is 6.25. The number of rotatable bonds is 2. The number of hydrogen-bond donors (Lipinski definition) is 0. The fourth-order valence-electron chi connectivity index (χ4n) is 2.78. The van der Waals surface area contributed by atoms with Crippen molar-refractivity contribution in [2.24, 2.45) is 0 Å². The zero-order chi connectivity index (χ0) is 18.3. The van der Waals surface area contributed by atoms with Crippen LogP contribution in [-0.4, -0.2) is 14.6 Å².